The molecule has 0 bridgehead atoms. The number of pyridine rings is 1. The van der Waals surface area contributed by atoms with Gasteiger partial charge in [0.15, 0.2) is 5.82 Å². The van der Waals surface area contributed by atoms with Crippen LogP contribution in [0.5, 0.6) is 0 Å². The van der Waals surface area contributed by atoms with E-state index in [2.05, 4.69) is 15.3 Å². The molecule has 1 atom stereocenters. The molecule has 7 nitrogen and oxygen atoms in total. The first-order valence-electron chi connectivity index (χ1n) is 8.76. The zero-order valence-corrected chi connectivity index (χ0v) is 16.4. The molecule has 2 aromatic rings. The summed E-state index contributed by atoms with van der Waals surface area (Å²) in [6, 6.07) is 6.99. The Morgan fingerprint density at radius 2 is 2.07 bits per heavy atom. The first-order valence-corrected chi connectivity index (χ1v) is 8.76. The summed E-state index contributed by atoms with van der Waals surface area (Å²) in [5.74, 6) is 0.295. The third-order valence-electron chi connectivity index (χ3n) is 4.22. The van der Waals surface area contributed by atoms with Gasteiger partial charge in [-0.2, -0.15) is 0 Å². The van der Waals surface area contributed by atoms with Crippen molar-refractivity contribution < 1.29 is 13.4 Å². The number of aliphatic imine (C=N–C) groups is 1. The Bertz CT molecular complexity index is 907. The minimum atomic E-state index is -2.47. The molecule has 0 aliphatic rings. The SMILES string of the molecule is CC(=Nc1cc(C=N)c(NCC(F)N(F)F)cn1)c1ccc(C(C)(C)N)cc1N. The van der Waals surface area contributed by atoms with Gasteiger partial charge in [0.2, 0.25) is 6.30 Å². The van der Waals surface area contributed by atoms with Crippen molar-refractivity contribution in [1.29, 1.82) is 5.41 Å². The molecule has 1 heterocycles. The van der Waals surface area contributed by atoms with Crippen molar-refractivity contribution in [2.24, 2.45) is 10.7 Å². The van der Waals surface area contributed by atoms with E-state index >= 15 is 0 Å². The molecular weight excluding hydrogens is 383 g/mol. The van der Waals surface area contributed by atoms with Gasteiger partial charge in [-0.1, -0.05) is 21.1 Å². The molecule has 0 aliphatic heterocycles. The van der Waals surface area contributed by atoms with Gasteiger partial charge in [-0.3, -0.25) is 0 Å². The minimum Gasteiger partial charge on any atom is -0.398 e. The van der Waals surface area contributed by atoms with E-state index in [4.69, 9.17) is 16.9 Å². The molecule has 1 aromatic heterocycles. The van der Waals surface area contributed by atoms with Gasteiger partial charge in [0.05, 0.1) is 23.8 Å². The van der Waals surface area contributed by atoms with Gasteiger partial charge in [-0.25, -0.2) is 14.4 Å². The van der Waals surface area contributed by atoms with Crippen molar-refractivity contribution in [2.45, 2.75) is 32.6 Å². The van der Waals surface area contributed by atoms with Crippen LogP contribution < -0.4 is 16.8 Å². The fourth-order valence-electron chi connectivity index (χ4n) is 2.58. The number of rotatable bonds is 8. The lowest BCUT2D eigenvalue weighted by Crippen LogP contribution is -2.28. The van der Waals surface area contributed by atoms with E-state index in [9.17, 15) is 13.4 Å². The second-order valence-electron chi connectivity index (χ2n) is 7.07. The van der Waals surface area contributed by atoms with Crippen molar-refractivity contribution in [3.8, 4) is 0 Å². The first-order chi connectivity index (χ1) is 13.5. The highest BCUT2D eigenvalue weighted by atomic mass is 19.4. The summed E-state index contributed by atoms with van der Waals surface area (Å²) in [5.41, 5.74) is 15.0. The van der Waals surface area contributed by atoms with E-state index in [1.54, 1.807) is 13.0 Å². The molecule has 0 amide bonds. The highest BCUT2D eigenvalue weighted by molar-refractivity contribution is 6.04. The number of nitrogen functional groups attached to an aromatic ring is 1. The Balaban J connectivity index is 2.26. The number of benzene rings is 1. The lowest BCUT2D eigenvalue weighted by Gasteiger charge is -2.20. The maximum Gasteiger partial charge on any atom is 0.229 e. The topological polar surface area (TPSA) is 116 Å². The zero-order valence-electron chi connectivity index (χ0n) is 16.4. The zero-order chi connectivity index (χ0) is 21.8. The van der Waals surface area contributed by atoms with E-state index in [1.807, 2.05) is 26.0 Å². The highest BCUT2D eigenvalue weighted by Gasteiger charge is 2.17. The second-order valence-corrected chi connectivity index (χ2v) is 7.07. The fraction of sp³-hybridized carbons (Fsp3) is 0.316. The highest BCUT2D eigenvalue weighted by Crippen LogP contribution is 2.24. The molecule has 1 unspecified atom stereocenters. The van der Waals surface area contributed by atoms with Crippen molar-refractivity contribution >= 4 is 29.1 Å². The molecule has 29 heavy (non-hydrogen) atoms. The summed E-state index contributed by atoms with van der Waals surface area (Å²) in [5, 5.41) is 8.45. The van der Waals surface area contributed by atoms with Crippen molar-refractivity contribution in [3.63, 3.8) is 0 Å². The van der Waals surface area contributed by atoms with E-state index in [0.717, 1.165) is 11.8 Å². The fourth-order valence-corrected chi connectivity index (χ4v) is 2.58. The summed E-state index contributed by atoms with van der Waals surface area (Å²) in [4.78, 5) is 8.54. The van der Waals surface area contributed by atoms with Crippen LogP contribution in [0, 0.1) is 5.41 Å². The van der Waals surface area contributed by atoms with Gasteiger partial charge in [-0.05, 0) is 38.5 Å². The number of anilines is 2. The monoisotopic (exact) mass is 407 g/mol. The molecule has 2 rings (SSSR count). The molecule has 0 spiro atoms. The Labute approximate surface area is 167 Å². The minimum absolute atomic E-state index is 0.246. The number of hydrogen-bond donors (Lipinski definition) is 4. The molecule has 0 radical (unpaired) electrons. The van der Waals surface area contributed by atoms with Gasteiger partial charge >= 0.3 is 0 Å². The molecule has 0 saturated carbocycles. The largest absolute Gasteiger partial charge is 0.398 e. The van der Waals surface area contributed by atoms with Crippen molar-refractivity contribution in [2.75, 3.05) is 17.6 Å². The predicted octanol–water partition coefficient (Wildman–Crippen LogP) is 3.77. The van der Waals surface area contributed by atoms with Crippen LogP contribution in [0.1, 0.15) is 37.5 Å². The smallest absolute Gasteiger partial charge is 0.229 e. The Kier molecular flexibility index (Phi) is 6.93. The molecular formula is C19H24F3N7. The van der Waals surface area contributed by atoms with Crippen LogP contribution in [0.15, 0.2) is 35.5 Å². The van der Waals surface area contributed by atoms with Crippen LogP contribution in [-0.4, -0.2) is 35.1 Å². The van der Waals surface area contributed by atoms with Gasteiger partial charge in [-0.15, -0.1) is 0 Å². The number of alkyl halides is 1. The number of nitrogens with two attached hydrogens (primary N) is 2. The van der Waals surface area contributed by atoms with Crippen LogP contribution in [0.3, 0.4) is 0 Å². The number of nitrogens with zero attached hydrogens (tertiary/aromatic N) is 3. The maximum absolute atomic E-state index is 13.0. The molecule has 0 aliphatic carbocycles. The summed E-state index contributed by atoms with van der Waals surface area (Å²) < 4.78 is 37.3. The van der Waals surface area contributed by atoms with Gasteiger partial charge in [0.1, 0.15) is 0 Å². The second kappa shape index (κ2) is 9.01. The third-order valence-corrected chi connectivity index (χ3v) is 4.22. The summed E-state index contributed by atoms with van der Waals surface area (Å²) >= 11 is 0. The van der Waals surface area contributed by atoms with Gasteiger partial charge < -0.3 is 22.2 Å². The van der Waals surface area contributed by atoms with Crippen molar-refractivity contribution in [3.05, 3.63) is 47.2 Å². The quantitative estimate of drug-likeness (QED) is 0.230. The van der Waals surface area contributed by atoms with Crippen LogP contribution in [0.4, 0.5) is 30.5 Å². The predicted molar refractivity (Wildman–Crippen MR) is 110 cm³/mol. The molecule has 0 saturated heterocycles. The van der Waals surface area contributed by atoms with Gasteiger partial charge in [0, 0.05) is 34.3 Å². The van der Waals surface area contributed by atoms with Crippen molar-refractivity contribution in [1.82, 2.24) is 10.3 Å². The summed E-state index contributed by atoms with van der Waals surface area (Å²) in [7, 11) is 0. The summed E-state index contributed by atoms with van der Waals surface area (Å²) in [6.45, 7) is 4.87. The van der Waals surface area contributed by atoms with Crippen LogP contribution in [0.2, 0.25) is 0 Å². The number of aromatic nitrogens is 1. The number of halogens is 3. The molecule has 1 aromatic carbocycles. The standard InChI is InChI=1S/C19H24F3N7/c1-11(14-5-4-13(7-15(14)24)19(2,3)25)28-18-6-12(8-23)16(9-27-18)26-10-17(20)29(21)22/h4-9,17,23,26H,10,24-25H2,1-3H3. The summed E-state index contributed by atoms with van der Waals surface area (Å²) in [6.07, 6.45) is -0.164. The Morgan fingerprint density at radius 1 is 1.38 bits per heavy atom. The van der Waals surface area contributed by atoms with Gasteiger partial charge in [0.25, 0.3) is 0 Å². The van der Waals surface area contributed by atoms with Crippen LogP contribution in [-0.2, 0) is 5.54 Å². The van der Waals surface area contributed by atoms with E-state index in [0.29, 0.717) is 28.3 Å². The Morgan fingerprint density at radius 3 is 2.62 bits per heavy atom. The normalized spacial score (nSPS) is 13.4. The third kappa shape index (κ3) is 5.75. The average Bonchev–Trinajstić information content (AvgIpc) is 2.65. The van der Waals surface area contributed by atoms with E-state index < -0.39 is 23.7 Å². The lowest BCUT2D eigenvalue weighted by molar-refractivity contribution is -0.218. The van der Waals surface area contributed by atoms with Crippen LogP contribution in [0.25, 0.3) is 0 Å². The van der Waals surface area contributed by atoms with E-state index in [-0.39, 0.29) is 5.69 Å². The Hall–Kier alpha value is -2.98. The molecule has 156 valence electrons. The first kappa shape index (κ1) is 22.3. The molecule has 0 fully saturated rings. The van der Waals surface area contributed by atoms with Crippen LogP contribution >= 0.6 is 0 Å². The molecule has 10 heteroatoms. The maximum atomic E-state index is 13.0. The lowest BCUT2D eigenvalue weighted by atomic mass is 9.93. The molecule has 6 N–H and O–H groups in total. The number of hydrogen-bond acceptors (Lipinski definition) is 7. The average molecular weight is 407 g/mol. The number of nitrogens with one attached hydrogen (secondary N) is 2. The van der Waals surface area contributed by atoms with E-state index in [1.165, 1.54) is 12.3 Å².